The van der Waals surface area contributed by atoms with Crippen LogP contribution in [-0.4, -0.2) is 65.1 Å². The Balaban J connectivity index is 1.38. The van der Waals surface area contributed by atoms with Crippen molar-refractivity contribution in [1.82, 2.24) is 10.2 Å². The highest BCUT2D eigenvalue weighted by atomic mass is 35.5. The number of rotatable bonds is 4. The number of alkyl halides is 1. The molecule has 5 rings (SSSR count). The van der Waals surface area contributed by atoms with E-state index < -0.39 is 23.6 Å². The first-order chi connectivity index (χ1) is 15.9. The van der Waals surface area contributed by atoms with Gasteiger partial charge in [-0.05, 0) is 48.9 Å². The van der Waals surface area contributed by atoms with Gasteiger partial charge in [-0.1, -0.05) is 19.3 Å². The number of halogens is 1. The maximum Gasteiger partial charge on any atom is 0.251 e. The molecule has 0 radical (unpaired) electrons. The number of amides is 3. The zero-order valence-electron chi connectivity index (χ0n) is 18.3. The first-order valence-electron chi connectivity index (χ1n) is 11.7. The summed E-state index contributed by atoms with van der Waals surface area (Å²) in [5.41, 5.74) is 2.08. The molecule has 0 bridgehead atoms. The number of ketones is 1. The van der Waals surface area contributed by atoms with Crippen LogP contribution < -0.4 is 10.6 Å². The lowest BCUT2D eigenvalue weighted by Crippen LogP contribution is -2.55. The Hall–Kier alpha value is -2.45. The van der Waals surface area contributed by atoms with Crippen LogP contribution in [0.5, 0.6) is 0 Å². The number of benzene rings is 1. The zero-order valence-corrected chi connectivity index (χ0v) is 19.1. The van der Waals surface area contributed by atoms with Gasteiger partial charge in [0.2, 0.25) is 11.8 Å². The molecular weight excluding hydrogens is 446 g/mol. The predicted octanol–water partition coefficient (Wildman–Crippen LogP) is 2.04. The highest BCUT2D eigenvalue weighted by molar-refractivity contribution is 6.22. The number of hydrogen-bond acceptors (Lipinski definition) is 5. The quantitative estimate of drug-likeness (QED) is 0.651. The molecule has 3 heterocycles. The average Bonchev–Trinajstić information content (AvgIpc) is 3.37. The van der Waals surface area contributed by atoms with Crippen LogP contribution >= 0.6 is 11.6 Å². The Kier molecular flexibility index (Phi) is 6.14. The molecule has 9 heteroatoms. The first kappa shape index (κ1) is 22.3. The lowest BCUT2D eigenvalue weighted by atomic mass is 9.83. The Morgan fingerprint density at radius 2 is 1.94 bits per heavy atom. The van der Waals surface area contributed by atoms with Crippen LogP contribution in [0.2, 0.25) is 0 Å². The Labute approximate surface area is 197 Å². The number of nitrogens with one attached hydrogen (secondary N) is 2. The van der Waals surface area contributed by atoms with Crippen molar-refractivity contribution in [2.24, 2.45) is 5.92 Å². The summed E-state index contributed by atoms with van der Waals surface area (Å²) in [5.74, 6) is -0.739. The van der Waals surface area contributed by atoms with Crippen molar-refractivity contribution in [2.75, 3.05) is 18.5 Å². The van der Waals surface area contributed by atoms with Crippen LogP contribution in [-0.2, 0) is 25.5 Å². The summed E-state index contributed by atoms with van der Waals surface area (Å²) in [7, 11) is 0. The number of carbonyl (C=O) groups excluding carboxylic acids is 4. The number of carbonyl (C=O) groups is 4. The van der Waals surface area contributed by atoms with E-state index in [1.165, 1.54) is 4.90 Å². The van der Waals surface area contributed by atoms with E-state index in [2.05, 4.69) is 10.6 Å². The summed E-state index contributed by atoms with van der Waals surface area (Å²) in [6.07, 6.45) is 5.31. The number of anilines is 1. The Morgan fingerprint density at radius 1 is 1.15 bits per heavy atom. The maximum atomic E-state index is 13.7. The smallest absolute Gasteiger partial charge is 0.251 e. The highest BCUT2D eigenvalue weighted by Gasteiger charge is 2.53. The molecule has 2 N–H and O–H groups in total. The van der Waals surface area contributed by atoms with Crippen molar-refractivity contribution in [2.45, 2.75) is 68.5 Å². The number of ether oxygens (including phenoxy) is 1. The van der Waals surface area contributed by atoms with E-state index in [4.69, 9.17) is 16.3 Å². The van der Waals surface area contributed by atoms with Gasteiger partial charge in [-0.3, -0.25) is 19.2 Å². The van der Waals surface area contributed by atoms with Gasteiger partial charge in [0.1, 0.15) is 24.8 Å². The highest BCUT2D eigenvalue weighted by Crippen LogP contribution is 2.34. The van der Waals surface area contributed by atoms with Crippen LogP contribution in [0.25, 0.3) is 0 Å². The van der Waals surface area contributed by atoms with Gasteiger partial charge in [0.15, 0.2) is 5.78 Å². The minimum Gasteiger partial charge on any atom is -0.366 e. The van der Waals surface area contributed by atoms with Crippen molar-refractivity contribution in [1.29, 1.82) is 0 Å². The third-order valence-corrected chi connectivity index (χ3v) is 7.73. The van der Waals surface area contributed by atoms with E-state index in [1.54, 1.807) is 18.2 Å². The summed E-state index contributed by atoms with van der Waals surface area (Å²) in [6, 6.07) is 3.79. The summed E-state index contributed by atoms with van der Waals surface area (Å²) >= 11 is 6.40. The second-order valence-electron chi connectivity index (χ2n) is 9.46. The van der Waals surface area contributed by atoms with Crippen molar-refractivity contribution in [3.8, 4) is 0 Å². The molecule has 0 aromatic heterocycles. The van der Waals surface area contributed by atoms with Crippen LogP contribution in [0.3, 0.4) is 0 Å². The second kappa shape index (κ2) is 9.06. The lowest BCUT2D eigenvalue weighted by Gasteiger charge is -2.34. The molecule has 8 nitrogen and oxygen atoms in total. The number of likely N-dealkylation sites (tertiary alicyclic amines) is 1. The molecule has 3 fully saturated rings. The van der Waals surface area contributed by atoms with E-state index in [0.717, 1.165) is 43.4 Å². The molecule has 4 aliphatic rings. The van der Waals surface area contributed by atoms with Crippen LogP contribution in [0.1, 0.15) is 54.4 Å². The van der Waals surface area contributed by atoms with E-state index in [0.29, 0.717) is 18.4 Å². The molecule has 1 aliphatic carbocycles. The van der Waals surface area contributed by atoms with E-state index in [-0.39, 0.29) is 42.6 Å². The van der Waals surface area contributed by atoms with E-state index >= 15 is 0 Å². The number of nitrogens with zero attached hydrogens (tertiary/aromatic N) is 1. The van der Waals surface area contributed by atoms with Gasteiger partial charge >= 0.3 is 0 Å². The largest absolute Gasteiger partial charge is 0.366 e. The van der Waals surface area contributed by atoms with Gasteiger partial charge in [0.05, 0.1) is 5.38 Å². The fourth-order valence-corrected chi connectivity index (χ4v) is 5.96. The lowest BCUT2D eigenvalue weighted by molar-refractivity contribution is -0.139. The average molecular weight is 474 g/mol. The van der Waals surface area contributed by atoms with Gasteiger partial charge in [-0.25, -0.2) is 0 Å². The van der Waals surface area contributed by atoms with Crippen LogP contribution in [0.15, 0.2) is 18.2 Å². The fourth-order valence-electron chi connectivity index (χ4n) is 5.60. The fraction of sp³-hybridized carbons (Fsp3) is 0.583. The molecule has 1 aromatic rings. The molecule has 1 saturated carbocycles. The maximum absolute atomic E-state index is 13.7. The normalized spacial score (nSPS) is 28.2. The number of Topliss-reactive ketones (excluding diaryl/α,β-unsaturated/α-hetero) is 1. The van der Waals surface area contributed by atoms with Gasteiger partial charge in [0.25, 0.3) is 5.91 Å². The Morgan fingerprint density at radius 3 is 2.73 bits per heavy atom. The second-order valence-corrected chi connectivity index (χ2v) is 10.0. The van der Waals surface area contributed by atoms with Crippen molar-refractivity contribution < 1.29 is 23.9 Å². The summed E-state index contributed by atoms with van der Waals surface area (Å²) < 4.78 is 5.53. The topological polar surface area (TPSA) is 105 Å². The third-order valence-electron chi connectivity index (χ3n) is 7.34. The molecule has 33 heavy (non-hydrogen) atoms. The van der Waals surface area contributed by atoms with E-state index in [9.17, 15) is 19.2 Å². The summed E-state index contributed by atoms with van der Waals surface area (Å²) in [6.45, 7) is 0.202. The predicted molar refractivity (Wildman–Crippen MR) is 121 cm³/mol. The monoisotopic (exact) mass is 473 g/mol. The van der Waals surface area contributed by atoms with Gasteiger partial charge in [0, 0.05) is 24.2 Å². The third kappa shape index (κ3) is 4.26. The molecule has 3 aliphatic heterocycles. The molecular formula is C24H28ClN3O5. The van der Waals surface area contributed by atoms with E-state index in [1.807, 2.05) is 0 Å². The van der Waals surface area contributed by atoms with Gasteiger partial charge in [-0.2, -0.15) is 0 Å². The molecule has 2 saturated heterocycles. The summed E-state index contributed by atoms with van der Waals surface area (Å²) in [5, 5.41) is 5.37. The molecule has 4 atom stereocenters. The van der Waals surface area contributed by atoms with Crippen molar-refractivity contribution in [3.63, 3.8) is 0 Å². The minimum absolute atomic E-state index is 0.0114. The number of aryl methyl sites for hydroxylation is 1. The Bertz CT molecular complexity index is 992. The molecule has 1 aromatic carbocycles. The van der Waals surface area contributed by atoms with Crippen molar-refractivity contribution in [3.05, 3.63) is 29.3 Å². The van der Waals surface area contributed by atoms with Gasteiger partial charge < -0.3 is 20.3 Å². The van der Waals surface area contributed by atoms with Crippen molar-refractivity contribution >= 4 is 40.8 Å². The first-order valence-corrected chi connectivity index (χ1v) is 12.2. The number of fused-ring (bicyclic) bond motifs is 2. The SMILES string of the molecule is O=C1CCc2cc(C(=O)N[C@H](C(=O)N3C[C@H](Cl)[C@H]4OCC(=O)[C@H]43)C3CCCCC3)ccc2N1. The minimum atomic E-state index is -0.718. The molecule has 0 spiro atoms. The standard InChI is InChI=1S/C24H28ClN3O5/c25-16-11-28(21-18(29)12-33-22(16)21)24(32)20(13-4-2-1-3-5-13)27-23(31)15-6-8-17-14(10-15)7-9-19(30)26-17/h6,8,10,13,16,20-22H,1-5,7,9,11-12H2,(H,26,30)(H,27,31)/t16-,20-,21+,22+/m0/s1. The molecule has 0 unspecified atom stereocenters. The van der Waals surface area contributed by atoms with Crippen LogP contribution in [0.4, 0.5) is 5.69 Å². The zero-order chi connectivity index (χ0) is 23.1. The molecule has 176 valence electrons. The van der Waals surface area contributed by atoms with Crippen LogP contribution in [0, 0.1) is 5.92 Å². The van der Waals surface area contributed by atoms with Gasteiger partial charge in [-0.15, -0.1) is 11.6 Å². The number of hydrogen-bond donors (Lipinski definition) is 2. The molecule has 3 amide bonds. The summed E-state index contributed by atoms with van der Waals surface area (Å²) in [4.78, 5) is 52.5.